The Balaban J connectivity index is 2.12. The van der Waals surface area contributed by atoms with Crippen molar-refractivity contribution in [2.75, 3.05) is 11.5 Å². The Bertz CT molecular complexity index is 670. The van der Waals surface area contributed by atoms with Crippen LogP contribution in [0.5, 0.6) is 0 Å². The summed E-state index contributed by atoms with van der Waals surface area (Å²) in [7, 11) is 0. The molecule has 0 spiro atoms. The van der Waals surface area contributed by atoms with Crippen LogP contribution in [-0.2, 0) is 0 Å². The minimum Gasteiger partial charge on any atom is -0.369 e. The van der Waals surface area contributed by atoms with Crippen molar-refractivity contribution < 1.29 is 0 Å². The predicted molar refractivity (Wildman–Crippen MR) is 83.7 cm³/mol. The number of hydrogen-bond donors (Lipinski definition) is 1. The van der Waals surface area contributed by atoms with Crippen molar-refractivity contribution in [1.29, 1.82) is 5.26 Å². The highest BCUT2D eigenvalue weighted by atomic mass is 32.2. The topological polar surface area (TPSA) is 67.6 Å². The lowest BCUT2D eigenvalue weighted by molar-refractivity contribution is 0.549. The van der Waals surface area contributed by atoms with Crippen LogP contribution < -0.4 is 5.73 Å². The number of fused-ring (bicyclic) bond motifs is 1. The fourth-order valence-corrected chi connectivity index (χ4v) is 4.43. The number of nitrogens with two attached hydrogens (primary N) is 1. The number of nitriles is 1. The quantitative estimate of drug-likeness (QED) is 0.939. The first-order valence-corrected chi connectivity index (χ1v) is 8.09. The van der Waals surface area contributed by atoms with Gasteiger partial charge in [0.1, 0.15) is 11.6 Å². The van der Waals surface area contributed by atoms with Gasteiger partial charge in [-0.05, 0) is 30.7 Å². The molecule has 0 bridgehead atoms. The zero-order valence-electron chi connectivity index (χ0n) is 11.5. The zero-order chi connectivity index (χ0) is 14.1. The molecule has 2 atom stereocenters. The van der Waals surface area contributed by atoms with Gasteiger partial charge in [0.25, 0.3) is 0 Å². The molecule has 20 heavy (non-hydrogen) atoms. The Morgan fingerprint density at radius 3 is 3.10 bits per heavy atom. The van der Waals surface area contributed by atoms with Crippen LogP contribution in [0.25, 0.3) is 11.0 Å². The summed E-state index contributed by atoms with van der Waals surface area (Å²) in [6.45, 7) is 2.20. The molecule has 0 radical (unpaired) electrons. The number of rotatable bonds is 3. The van der Waals surface area contributed by atoms with Crippen LogP contribution in [0.15, 0.2) is 18.2 Å². The molecule has 1 heterocycles. The van der Waals surface area contributed by atoms with Crippen molar-refractivity contribution >= 4 is 28.7 Å². The van der Waals surface area contributed by atoms with E-state index in [4.69, 9.17) is 5.73 Å². The van der Waals surface area contributed by atoms with E-state index < -0.39 is 0 Å². The smallest absolute Gasteiger partial charge is 0.201 e. The highest BCUT2D eigenvalue weighted by molar-refractivity contribution is 7.99. The van der Waals surface area contributed by atoms with Crippen LogP contribution in [-0.4, -0.2) is 20.6 Å². The van der Waals surface area contributed by atoms with E-state index in [-0.39, 0.29) is 0 Å². The average molecular weight is 286 g/mol. The number of anilines is 1. The summed E-state index contributed by atoms with van der Waals surface area (Å²) in [6, 6.07) is 8.33. The number of imidazole rings is 1. The Labute approximate surface area is 123 Å². The van der Waals surface area contributed by atoms with Crippen LogP contribution >= 0.6 is 11.8 Å². The molecular formula is C15H18N4S. The summed E-state index contributed by atoms with van der Waals surface area (Å²) >= 11 is 2.00. The molecule has 0 saturated heterocycles. The fraction of sp³-hybridized carbons (Fsp3) is 0.467. The minimum atomic E-state index is 0.402. The van der Waals surface area contributed by atoms with E-state index >= 15 is 0 Å². The van der Waals surface area contributed by atoms with Gasteiger partial charge < -0.3 is 10.3 Å². The first kappa shape index (κ1) is 13.3. The first-order chi connectivity index (χ1) is 9.76. The number of para-hydroxylation sites is 1. The summed E-state index contributed by atoms with van der Waals surface area (Å²) in [4.78, 5) is 4.43. The molecule has 2 N–H and O–H groups in total. The third kappa shape index (κ3) is 2.04. The SMILES string of the molecule is CCSC1CCCC1n1c(N)nc2c(C#N)cccc21. The average Bonchev–Trinajstić information content (AvgIpc) is 3.01. The largest absolute Gasteiger partial charge is 0.369 e. The summed E-state index contributed by atoms with van der Waals surface area (Å²) in [5.41, 5.74) is 8.48. The van der Waals surface area contributed by atoms with Crippen molar-refractivity contribution in [3.63, 3.8) is 0 Å². The number of aromatic nitrogens is 2. The van der Waals surface area contributed by atoms with Gasteiger partial charge in [-0.25, -0.2) is 4.98 Å². The summed E-state index contributed by atoms with van der Waals surface area (Å²) in [5.74, 6) is 1.66. The molecule has 1 saturated carbocycles. The Morgan fingerprint density at radius 1 is 1.50 bits per heavy atom. The highest BCUT2D eigenvalue weighted by Gasteiger charge is 2.31. The molecule has 1 fully saturated rings. The van der Waals surface area contributed by atoms with Crippen molar-refractivity contribution in [3.05, 3.63) is 23.8 Å². The van der Waals surface area contributed by atoms with E-state index in [9.17, 15) is 5.26 Å². The third-order valence-electron chi connectivity index (χ3n) is 4.00. The maximum absolute atomic E-state index is 9.19. The van der Waals surface area contributed by atoms with Gasteiger partial charge in [0.05, 0.1) is 11.1 Å². The van der Waals surface area contributed by atoms with E-state index in [1.807, 2.05) is 23.9 Å². The van der Waals surface area contributed by atoms with Gasteiger partial charge in [-0.3, -0.25) is 0 Å². The van der Waals surface area contributed by atoms with Gasteiger partial charge >= 0.3 is 0 Å². The van der Waals surface area contributed by atoms with Crippen molar-refractivity contribution in [1.82, 2.24) is 9.55 Å². The normalized spacial score (nSPS) is 22.2. The molecule has 2 unspecified atom stereocenters. The monoisotopic (exact) mass is 286 g/mol. The lowest BCUT2D eigenvalue weighted by atomic mass is 10.2. The standard InChI is InChI=1S/C15H18N4S/c1-2-20-13-8-4-6-11(13)19-12-7-3-5-10(9-16)14(12)18-15(19)17/h3,5,7,11,13H,2,4,6,8H2,1H3,(H2,17,18). The molecule has 0 aliphatic heterocycles. The van der Waals surface area contributed by atoms with Crippen LogP contribution in [0, 0.1) is 11.3 Å². The van der Waals surface area contributed by atoms with Gasteiger partial charge in [0.15, 0.2) is 0 Å². The van der Waals surface area contributed by atoms with Gasteiger partial charge in [-0.2, -0.15) is 17.0 Å². The minimum absolute atomic E-state index is 0.402. The van der Waals surface area contributed by atoms with E-state index in [1.165, 1.54) is 12.8 Å². The van der Waals surface area contributed by atoms with Crippen LogP contribution in [0.2, 0.25) is 0 Å². The summed E-state index contributed by atoms with van der Waals surface area (Å²) < 4.78 is 2.15. The maximum atomic E-state index is 9.19. The van der Waals surface area contributed by atoms with Crippen LogP contribution in [0.4, 0.5) is 5.95 Å². The summed E-state index contributed by atoms with van der Waals surface area (Å²) in [6.07, 6.45) is 3.61. The second-order valence-corrected chi connectivity index (χ2v) is 6.63. The molecule has 1 aliphatic carbocycles. The molecule has 4 nitrogen and oxygen atoms in total. The summed E-state index contributed by atoms with van der Waals surface area (Å²) in [5, 5.41) is 9.80. The van der Waals surface area contributed by atoms with E-state index in [0.29, 0.717) is 22.8 Å². The number of nitrogens with zero attached hydrogens (tertiary/aromatic N) is 3. The van der Waals surface area contributed by atoms with E-state index in [2.05, 4.69) is 22.5 Å². The third-order valence-corrected chi connectivity index (χ3v) is 5.31. The molecule has 3 rings (SSSR count). The first-order valence-electron chi connectivity index (χ1n) is 7.04. The van der Waals surface area contributed by atoms with Gasteiger partial charge in [0, 0.05) is 11.3 Å². The molecule has 2 aromatic rings. The zero-order valence-corrected chi connectivity index (χ0v) is 12.4. The predicted octanol–water partition coefficient (Wildman–Crippen LogP) is 3.34. The molecular weight excluding hydrogens is 268 g/mol. The van der Waals surface area contributed by atoms with Crippen molar-refractivity contribution in [2.45, 2.75) is 37.5 Å². The number of hydrogen-bond acceptors (Lipinski definition) is 4. The molecule has 5 heteroatoms. The molecule has 104 valence electrons. The Morgan fingerprint density at radius 2 is 2.35 bits per heavy atom. The highest BCUT2D eigenvalue weighted by Crippen LogP contribution is 2.41. The Hall–Kier alpha value is -1.67. The molecule has 0 amide bonds. The van der Waals surface area contributed by atoms with Gasteiger partial charge in [-0.1, -0.05) is 19.4 Å². The Kier molecular flexibility index (Phi) is 3.58. The number of thioether (sulfide) groups is 1. The molecule has 1 aliphatic rings. The van der Waals surface area contributed by atoms with Crippen molar-refractivity contribution in [3.8, 4) is 6.07 Å². The van der Waals surface area contributed by atoms with Crippen LogP contribution in [0.1, 0.15) is 37.8 Å². The maximum Gasteiger partial charge on any atom is 0.201 e. The van der Waals surface area contributed by atoms with Crippen LogP contribution in [0.3, 0.4) is 0 Å². The fourth-order valence-electron chi connectivity index (χ4n) is 3.18. The van der Waals surface area contributed by atoms with Gasteiger partial charge in [-0.15, -0.1) is 0 Å². The van der Waals surface area contributed by atoms with Crippen molar-refractivity contribution in [2.24, 2.45) is 0 Å². The second kappa shape index (κ2) is 5.37. The van der Waals surface area contributed by atoms with E-state index in [0.717, 1.165) is 23.2 Å². The molecule has 1 aromatic carbocycles. The van der Waals surface area contributed by atoms with Gasteiger partial charge in [0.2, 0.25) is 5.95 Å². The number of nitrogen functional groups attached to an aromatic ring is 1. The van der Waals surface area contributed by atoms with E-state index in [1.54, 1.807) is 6.07 Å². The molecule has 1 aromatic heterocycles. The number of benzene rings is 1. The lowest BCUT2D eigenvalue weighted by Crippen LogP contribution is -2.18. The second-order valence-electron chi connectivity index (χ2n) is 5.12. The lowest BCUT2D eigenvalue weighted by Gasteiger charge is -2.22.